The van der Waals surface area contributed by atoms with Crippen LogP contribution in [0.5, 0.6) is 0 Å². The number of aromatic nitrogens is 1. The number of aryl methyl sites for hydroxylation is 2. The van der Waals surface area contributed by atoms with Crippen LogP contribution in [0.1, 0.15) is 11.3 Å². The van der Waals surface area contributed by atoms with Crippen molar-refractivity contribution < 1.29 is 0 Å². The topological polar surface area (TPSA) is 12.9 Å². The summed E-state index contributed by atoms with van der Waals surface area (Å²) in [5.74, 6) is 0. The van der Waals surface area contributed by atoms with E-state index in [4.69, 9.17) is 11.6 Å². The zero-order chi connectivity index (χ0) is 10.3. The van der Waals surface area contributed by atoms with Crippen molar-refractivity contribution in [3.8, 4) is 0 Å². The number of hydrogen-bond acceptors (Lipinski definition) is 1. The molecule has 0 aliphatic rings. The van der Waals surface area contributed by atoms with E-state index < -0.39 is 0 Å². The number of fused-ring (bicyclic) bond motifs is 1. The molecule has 0 saturated carbocycles. The molecule has 0 radical (unpaired) electrons. The number of hydrogen-bond donors (Lipinski definition) is 0. The summed E-state index contributed by atoms with van der Waals surface area (Å²) >= 11 is 9.66. The van der Waals surface area contributed by atoms with Crippen molar-refractivity contribution in [3.05, 3.63) is 39.0 Å². The fourth-order valence-electron chi connectivity index (χ4n) is 1.54. The molecular formula is C11H9BrClN. The van der Waals surface area contributed by atoms with E-state index in [-0.39, 0.29) is 0 Å². The largest absolute Gasteiger partial charge is 0.252 e. The quantitative estimate of drug-likeness (QED) is 0.697. The van der Waals surface area contributed by atoms with E-state index in [1.165, 1.54) is 0 Å². The van der Waals surface area contributed by atoms with Crippen molar-refractivity contribution >= 4 is 38.4 Å². The lowest BCUT2D eigenvalue weighted by atomic mass is 10.1. The van der Waals surface area contributed by atoms with Crippen LogP contribution in [-0.2, 0) is 0 Å². The van der Waals surface area contributed by atoms with Crippen molar-refractivity contribution in [2.45, 2.75) is 13.8 Å². The monoisotopic (exact) mass is 269 g/mol. The second kappa shape index (κ2) is 3.52. The second-order valence-corrected chi connectivity index (χ2v) is 4.59. The molecule has 1 aromatic heterocycles. The van der Waals surface area contributed by atoms with Crippen LogP contribution in [0, 0.1) is 13.8 Å². The molecule has 0 amide bonds. The highest BCUT2D eigenvalue weighted by Gasteiger charge is 2.07. The molecule has 0 N–H and O–H groups in total. The van der Waals surface area contributed by atoms with Crippen LogP contribution in [0.2, 0.25) is 5.02 Å². The molecule has 2 rings (SSSR count). The Morgan fingerprint density at radius 3 is 2.71 bits per heavy atom. The molecule has 0 unspecified atom stereocenters. The van der Waals surface area contributed by atoms with Crippen LogP contribution in [0.15, 0.2) is 22.7 Å². The van der Waals surface area contributed by atoms with Gasteiger partial charge in [-0.25, -0.2) is 0 Å². The Labute approximate surface area is 96.2 Å². The zero-order valence-corrected chi connectivity index (χ0v) is 10.3. The summed E-state index contributed by atoms with van der Waals surface area (Å²) in [6.07, 6.45) is 0. The maximum Gasteiger partial charge on any atom is 0.0864 e. The Kier molecular flexibility index (Phi) is 2.50. The van der Waals surface area contributed by atoms with E-state index >= 15 is 0 Å². The summed E-state index contributed by atoms with van der Waals surface area (Å²) in [5.41, 5.74) is 3.03. The molecule has 72 valence electrons. The number of halogens is 2. The van der Waals surface area contributed by atoms with Gasteiger partial charge < -0.3 is 0 Å². The minimum Gasteiger partial charge on any atom is -0.252 e. The van der Waals surface area contributed by atoms with E-state index in [2.05, 4.69) is 20.9 Å². The number of pyridine rings is 1. The molecule has 0 aliphatic heterocycles. The molecule has 0 atom stereocenters. The highest BCUT2D eigenvalue weighted by atomic mass is 79.9. The van der Waals surface area contributed by atoms with Crippen molar-refractivity contribution in [3.63, 3.8) is 0 Å². The lowest BCUT2D eigenvalue weighted by Crippen LogP contribution is -1.88. The van der Waals surface area contributed by atoms with Gasteiger partial charge in [0.15, 0.2) is 0 Å². The normalized spacial score (nSPS) is 10.9. The van der Waals surface area contributed by atoms with Gasteiger partial charge in [-0.3, -0.25) is 4.98 Å². The molecule has 2 aromatic rings. The molecule has 14 heavy (non-hydrogen) atoms. The van der Waals surface area contributed by atoms with Crippen molar-refractivity contribution in [1.82, 2.24) is 4.98 Å². The summed E-state index contributed by atoms with van der Waals surface area (Å²) in [6.45, 7) is 3.98. The van der Waals surface area contributed by atoms with E-state index in [1.807, 2.05) is 32.0 Å². The lowest BCUT2D eigenvalue weighted by Gasteiger charge is -2.06. The first-order chi connectivity index (χ1) is 6.59. The highest BCUT2D eigenvalue weighted by molar-refractivity contribution is 9.10. The van der Waals surface area contributed by atoms with Gasteiger partial charge in [-0.05, 0) is 47.5 Å². The van der Waals surface area contributed by atoms with Gasteiger partial charge in [0.25, 0.3) is 0 Å². The molecule has 3 heteroatoms. The van der Waals surface area contributed by atoms with Gasteiger partial charge in [-0.15, -0.1) is 0 Å². The fraction of sp³-hybridized carbons (Fsp3) is 0.182. The van der Waals surface area contributed by atoms with Gasteiger partial charge in [0, 0.05) is 15.6 Å². The third-order valence-corrected chi connectivity index (χ3v) is 3.14. The summed E-state index contributed by atoms with van der Waals surface area (Å²) in [7, 11) is 0. The minimum atomic E-state index is 0.770. The summed E-state index contributed by atoms with van der Waals surface area (Å²) < 4.78 is 0.990. The van der Waals surface area contributed by atoms with Crippen LogP contribution in [0.4, 0.5) is 0 Å². The van der Waals surface area contributed by atoms with Gasteiger partial charge in [0.1, 0.15) is 0 Å². The van der Waals surface area contributed by atoms with Gasteiger partial charge in [-0.2, -0.15) is 0 Å². The summed E-state index contributed by atoms with van der Waals surface area (Å²) in [6, 6.07) is 5.93. The van der Waals surface area contributed by atoms with E-state index in [0.717, 1.165) is 31.7 Å². The Balaban J connectivity index is 3.00. The van der Waals surface area contributed by atoms with Crippen molar-refractivity contribution in [2.75, 3.05) is 0 Å². The average molecular weight is 271 g/mol. The predicted molar refractivity (Wildman–Crippen MR) is 63.9 cm³/mol. The van der Waals surface area contributed by atoms with Gasteiger partial charge in [-0.1, -0.05) is 17.7 Å². The molecule has 0 saturated heterocycles. The average Bonchev–Trinajstić information content (AvgIpc) is 2.10. The van der Waals surface area contributed by atoms with Gasteiger partial charge in [0.2, 0.25) is 0 Å². The van der Waals surface area contributed by atoms with Crippen LogP contribution >= 0.6 is 27.5 Å². The third-order valence-electron chi connectivity index (χ3n) is 2.20. The third kappa shape index (κ3) is 1.53. The van der Waals surface area contributed by atoms with Crippen molar-refractivity contribution in [2.24, 2.45) is 0 Å². The standard InChI is InChI=1S/C11H9BrClN/c1-6-3-4-8(12)11-10(6)9(13)5-7(2)14-11/h3-5H,1-2H3. The zero-order valence-electron chi connectivity index (χ0n) is 7.94. The Bertz CT molecular complexity index is 508. The van der Waals surface area contributed by atoms with E-state index in [9.17, 15) is 0 Å². The van der Waals surface area contributed by atoms with E-state index in [1.54, 1.807) is 0 Å². The first-order valence-electron chi connectivity index (χ1n) is 4.31. The highest BCUT2D eigenvalue weighted by Crippen LogP contribution is 2.30. The van der Waals surface area contributed by atoms with Crippen molar-refractivity contribution in [1.29, 1.82) is 0 Å². The molecule has 0 aliphatic carbocycles. The second-order valence-electron chi connectivity index (χ2n) is 3.33. The molecule has 1 aromatic carbocycles. The molecule has 0 fully saturated rings. The molecular weight excluding hydrogens is 261 g/mol. The summed E-state index contributed by atoms with van der Waals surface area (Å²) in [5, 5.41) is 1.80. The lowest BCUT2D eigenvalue weighted by molar-refractivity contribution is 1.25. The Morgan fingerprint density at radius 2 is 2.00 bits per heavy atom. The smallest absolute Gasteiger partial charge is 0.0864 e. The van der Waals surface area contributed by atoms with Gasteiger partial charge >= 0.3 is 0 Å². The van der Waals surface area contributed by atoms with Crippen LogP contribution in [0.3, 0.4) is 0 Å². The molecule has 0 spiro atoms. The molecule has 0 bridgehead atoms. The number of rotatable bonds is 0. The number of benzene rings is 1. The van der Waals surface area contributed by atoms with Crippen LogP contribution < -0.4 is 0 Å². The SMILES string of the molecule is Cc1cc(Cl)c2c(C)ccc(Br)c2n1. The minimum absolute atomic E-state index is 0.770. The van der Waals surface area contributed by atoms with Gasteiger partial charge in [0.05, 0.1) is 10.5 Å². The first-order valence-corrected chi connectivity index (χ1v) is 5.48. The predicted octanol–water partition coefficient (Wildman–Crippen LogP) is 4.27. The molecule has 1 heterocycles. The van der Waals surface area contributed by atoms with Crippen LogP contribution in [-0.4, -0.2) is 4.98 Å². The Hall–Kier alpha value is -0.600. The fourth-order valence-corrected chi connectivity index (χ4v) is 2.36. The van der Waals surface area contributed by atoms with Crippen LogP contribution in [0.25, 0.3) is 10.9 Å². The summed E-state index contributed by atoms with van der Waals surface area (Å²) in [4.78, 5) is 4.47. The Morgan fingerprint density at radius 1 is 1.29 bits per heavy atom. The molecule has 1 nitrogen and oxygen atoms in total. The van der Waals surface area contributed by atoms with E-state index in [0.29, 0.717) is 0 Å². The first kappa shape index (κ1) is 9.94. The maximum atomic E-state index is 6.18. The number of nitrogens with zero attached hydrogens (tertiary/aromatic N) is 1. The maximum absolute atomic E-state index is 6.18.